The molecule has 0 saturated carbocycles. The molecule has 0 amide bonds. The third kappa shape index (κ3) is 5.12. The molecule has 116 valence electrons. The highest BCUT2D eigenvalue weighted by atomic mass is 35.5. The molecular formula is C15H23ClN4O. The van der Waals surface area contributed by atoms with Crippen LogP contribution < -0.4 is 5.32 Å². The number of aliphatic hydroxyl groups excluding tert-OH is 1. The highest BCUT2D eigenvalue weighted by molar-refractivity contribution is 5.89. The first kappa shape index (κ1) is 17.6. The van der Waals surface area contributed by atoms with Gasteiger partial charge < -0.3 is 15.3 Å². The number of hydrogen-bond acceptors (Lipinski definition) is 5. The van der Waals surface area contributed by atoms with Crippen molar-refractivity contribution in [2.45, 2.75) is 19.4 Å². The average Bonchev–Trinajstić information content (AvgIpc) is 2.42. The van der Waals surface area contributed by atoms with Gasteiger partial charge in [-0.2, -0.15) is 0 Å². The number of aromatic nitrogens is 2. The van der Waals surface area contributed by atoms with Gasteiger partial charge in [0.15, 0.2) is 0 Å². The van der Waals surface area contributed by atoms with Crippen LogP contribution in [-0.2, 0) is 6.42 Å². The summed E-state index contributed by atoms with van der Waals surface area (Å²) < 4.78 is 0. The van der Waals surface area contributed by atoms with Crippen LogP contribution in [0.3, 0.4) is 0 Å². The van der Waals surface area contributed by atoms with Crippen LogP contribution in [0.4, 0.5) is 5.82 Å². The fraction of sp³-hybridized carbons (Fsp3) is 0.467. The largest absolute Gasteiger partial charge is 0.392 e. The van der Waals surface area contributed by atoms with E-state index in [1.807, 2.05) is 38.4 Å². The Morgan fingerprint density at radius 3 is 2.62 bits per heavy atom. The standard InChI is InChI=1S/C15H22N4O.ClH/c1-11(20)10-16-15-12-6-4-5-7-13(12)17-14(18-15)8-9-19(2)3;/h4-7,11,20H,8-10H2,1-3H3,(H,16,17,18);1H. The Balaban J connectivity index is 0.00000220. The summed E-state index contributed by atoms with van der Waals surface area (Å²) in [6.45, 7) is 3.14. The maximum absolute atomic E-state index is 9.42. The van der Waals surface area contributed by atoms with Crippen molar-refractivity contribution in [2.75, 3.05) is 32.5 Å². The molecule has 0 aliphatic rings. The number of aliphatic hydroxyl groups is 1. The van der Waals surface area contributed by atoms with E-state index in [1.165, 1.54) is 0 Å². The smallest absolute Gasteiger partial charge is 0.137 e. The Morgan fingerprint density at radius 2 is 1.95 bits per heavy atom. The minimum Gasteiger partial charge on any atom is -0.392 e. The zero-order chi connectivity index (χ0) is 14.5. The van der Waals surface area contributed by atoms with E-state index >= 15 is 0 Å². The summed E-state index contributed by atoms with van der Waals surface area (Å²) in [5, 5.41) is 13.6. The lowest BCUT2D eigenvalue weighted by Gasteiger charge is -2.13. The van der Waals surface area contributed by atoms with E-state index in [0.717, 1.165) is 35.5 Å². The van der Waals surface area contributed by atoms with E-state index in [9.17, 15) is 5.11 Å². The van der Waals surface area contributed by atoms with E-state index in [4.69, 9.17) is 0 Å². The molecule has 2 rings (SSSR count). The van der Waals surface area contributed by atoms with Gasteiger partial charge in [-0.25, -0.2) is 9.97 Å². The van der Waals surface area contributed by atoms with Crippen LogP contribution in [0, 0.1) is 0 Å². The summed E-state index contributed by atoms with van der Waals surface area (Å²) in [6.07, 6.45) is 0.398. The molecule has 0 spiro atoms. The van der Waals surface area contributed by atoms with Gasteiger partial charge in [0.05, 0.1) is 11.6 Å². The van der Waals surface area contributed by atoms with Crippen LogP contribution in [0.25, 0.3) is 10.9 Å². The lowest BCUT2D eigenvalue weighted by atomic mass is 10.2. The van der Waals surface area contributed by atoms with Gasteiger partial charge in [0.2, 0.25) is 0 Å². The molecule has 0 aliphatic heterocycles. The van der Waals surface area contributed by atoms with Crippen molar-refractivity contribution in [1.29, 1.82) is 0 Å². The first-order chi connectivity index (χ1) is 9.56. The predicted octanol–water partition coefficient (Wildman–Crippen LogP) is 1.95. The number of halogens is 1. The van der Waals surface area contributed by atoms with E-state index in [0.29, 0.717) is 6.54 Å². The number of fused-ring (bicyclic) bond motifs is 1. The molecule has 2 aromatic rings. The van der Waals surface area contributed by atoms with Crippen molar-refractivity contribution >= 4 is 29.1 Å². The highest BCUT2D eigenvalue weighted by Crippen LogP contribution is 2.20. The van der Waals surface area contributed by atoms with Gasteiger partial charge in [-0.15, -0.1) is 12.4 Å². The molecule has 6 heteroatoms. The van der Waals surface area contributed by atoms with Crippen LogP contribution in [0.5, 0.6) is 0 Å². The van der Waals surface area contributed by atoms with E-state index in [2.05, 4.69) is 20.2 Å². The van der Waals surface area contributed by atoms with Crippen LogP contribution in [0.1, 0.15) is 12.7 Å². The molecule has 0 saturated heterocycles. The monoisotopic (exact) mass is 310 g/mol. The molecule has 0 fully saturated rings. The zero-order valence-corrected chi connectivity index (χ0v) is 13.5. The fourth-order valence-electron chi connectivity index (χ4n) is 1.94. The van der Waals surface area contributed by atoms with Crippen LogP contribution >= 0.6 is 12.4 Å². The number of benzene rings is 1. The first-order valence-electron chi connectivity index (χ1n) is 6.88. The molecular weight excluding hydrogens is 288 g/mol. The molecule has 5 nitrogen and oxygen atoms in total. The lowest BCUT2D eigenvalue weighted by molar-refractivity contribution is 0.208. The summed E-state index contributed by atoms with van der Waals surface area (Å²) in [5.41, 5.74) is 0.935. The number of para-hydroxylation sites is 1. The number of hydrogen-bond donors (Lipinski definition) is 2. The summed E-state index contributed by atoms with van der Waals surface area (Å²) in [6, 6.07) is 7.93. The van der Waals surface area contributed by atoms with Gasteiger partial charge in [-0.3, -0.25) is 0 Å². The summed E-state index contributed by atoms with van der Waals surface area (Å²) in [7, 11) is 4.07. The zero-order valence-electron chi connectivity index (χ0n) is 12.7. The second kappa shape index (κ2) is 8.12. The van der Waals surface area contributed by atoms with Gasteiger partial charge in [0.25, 0.3) is 0 Å². The van der Waals surface area contributed by atoms with E-state index < -0.39 is 6.10 Å². The molecule has 1 heterocycles. The number of nitrogens with one attached hydrogen (secondary N) is 1. The van der Waals surface area contributed by atoms with Gasteiger partial charge >= 0.3 is 0 Å². The van der Waals surface area contributed by atoms with Gasteiger partial charge in [0.1, 0.15) is 11.6 Å². The van der Waals surface area contributed by atoms with Crippen molar-refractivity contribution in [3.8, 4) is 0 Å². The van der Waals surface area contributed by atoms with Crippen molar-refractivity contribution in [2.24, 2.45) is 0 Å². The summed E-state index contributed by atoms with van der Waals surface area (Å²) in [4.78, 5) is 11.3. The quantitative estimate of drug-likeness (QED) is 0.854. The number of rotatable bonds is 6. The Bertz CT molecular complexity index is 575. The van der Waals surface area contributed by atoms with Gasteiger partial charge in [-0.1, -0.05) is 12.1 Å². The molecule has 21 heavy (non-hydrogen) atoms. The van der Waals surface area contributed by atoms with Crippen molar-refractivity contribution in [3.05, 3.63) is 30.1 Å². The summed E-state index contributed by atoms with van der Waals surface area (Å²) >= 11 is 0. The number of likely N-dealkylation sites (N-methyl/N-ethyl adjacent to an activating group) is 1. The predicted molar refractivity (Wildman–Crippen MR) is 89.2 cm³/mol. The number of anilines is 1. The highest BCUT2D eigenvalue weighted by Gasteiger charge is 2.08. The molecule has 1 atom stereocenters. The Morgan fingerprint density at radius 1 is 1.24 bits per heavy atom. The molecule has 1 aromatic carbocycles. The van der Waals surface area contributed by atoms with Crippen molar-refractivity contribution in [3.63, 3.8) is 0 Å². The lowest BCUT2D eigenvalue weighted by Crippen LogP contribution is -2.19. The minimum absolute atomic E-state index is 0. The van der Waals surface area contributed by atoms with Gasteiger partial charge in [-0.05, 0) is 33.2 Å². The number of nitrogens with zero attached hydrogens (tertiary/aromatic N) is 3. The maximum Gasteiger partial charge on any atom is 0.137 e. The molecule has 1 unspecified atom stereocenters. The van der Waals surface area contributed by atoms with Gasteiger partial charge in [0, 0.05) is 24.9 Å². The van der Waals surface area contributed by atoms with Crippen LogP contribution in [0.2, 0.25) is 0 Å². The maximum atomic E-state index is 9.42. The fourth-order valence-corrected chi connectivity index (χ4v) is 1.94. The minimum atomic E-state index is -0.408. The molecule has 0 radical (unpaired) electrons. The SMILES string of the molecule is CC(O)CNc1nc(CCN(C)C)nc2ccccc12.Cl. The normalized spacial score (nSPS) is 12.2. The average molecular weight is 311 g/mol. The van der Waals surface area contributed by atoms with Crippen LogP contribution in [-0.4, -0.2) is 53.3 Å². The van der Waals surface area contributed by atoms with E-state index in [-0.39, 0.29) is 12.4 Å². The topological polar surface area (TPSA) is 61.3 Å². The molecule has 1 aromatic heterocycles. The third-order valence-corrected chi connectivity index (χ3v) is 3.00. The second-order valence-electron chi connectivity index (χ2n) is 5.29. The molecule has 0 bridgehead atoms. The first-order valence-corrected chi connectivity index (χ1v) is 6.88. The van der Waals surface area contributed by atoms with E-state index in [1.54, 1.807) is 6.92 Å². The third-order valence-electron chi connectivity index (χ3n) is 3.00. The van der Waals surface area contributed by atoms with Crippen molar-refractivity contribution < 1.29 is 5.11 Å². The Hall–Kier alpha value is -1.43. The van der Waals surface area contributed by atoms with Crippen LogP contribution in [0.15, 0.2) is 24.3 Å². The van der Waals surface area contributed by atoms with Crippen molar-refractivity contribution in [1.82, 2.24) is 14.9 Å². The Kier molecular flexibility index (Phi) is 6.81. The molecule has 2 N–H and O–H groups in total. The second-order valence-corrected chi connectivity index (χ2v) is 5.29. The Labute approximate surface area is 131 Å². The molecule has 0 aliphatic carbocycles. The summed E-state index contributed by atoms with van der Waals surface area (Å²) in [5.74, 6) is 1.62.